The van der Waals surface area contributed by atoms with Crippen LogP contribution < -0.4 is 0 Å². The molecule has 7 heteroatoms. The maximum atomic E-state index is 12.7. The second kappa shape index (κ2) is 2.82. The highest BCUT2D eigenvalue weighted by molar-refractivity contribution is 5.76. The maximum absolute atomic E-state index is 12.7. The summed E-state index contributed by atoms with van der Waals surface area (Å²) in [7, 11) is 0.984. The summed E-state index contributed by atoms with van der Waals surface area (Å²) in [5, 5.41) is 2.84. The van der Waals surface area contributed by atoms with E-state index in [1.165, 1.54) is 0 Å². The Labute approximate surface area is 70.0 Å². The molecule has 0 saturated carbocycles. The number of halogens is 4. The third kappa shape index (κ3) is 1.53. The van der Waals surface area contributed by atoms with Crippen molar-refractivity contribution in [3.8, 4) is 0 Å². The zero-order valence-electron chi connectivity index (χ0n) is 6.39. The van der Waals surface area contributed by atoms with Crippen LogP contribution in [0.1, 0.15) is 16.1 Å². The summed E-state index contributed by atoms with van der Waals surface area (Å²) in [5.74, 6) is -1.29. The van der Waals surface area contributed by atoms with Crippen LogP contribution in [-0.4, -0.2) is 16.1 Å². The van der Waals surface area contributed by atoms with Crippen molar-refractivity contribution in [1.82, 2.24) is 9.78 Å². The molecule has 0 fully saturated rings. The molecule has 0 bridgehead atoms. The molecule has 0 spiro atoms. The van der Waals surface area contributed by atoms with E-state index >= 15 is 0 Å². The molecule has 1 rings (SSSR count). The van der Waals surface area contributed by atoms with E-state index in [0.29, 0.717) is 4.68 Å². The molecule has 0 aliphatic carbocycles. The van der Waals surface area contributed by atoms with Crippen molar-refractivity contribution >= 4 is 6.29 Å². The molecule has 0 aromatic carbocycles. The summed E-state index contributed by atoms with van der Waals surface area (Å²) in [6.07, 6.45) is -5.01. The van der Waals surface area contributed by atoms with Crippen LogP contribution in [0.25, 0.3) is 0 Å². The molecule has 0 saturated heterocycles. The molecular formula is C6H4F4N2O. The molecule has 0 aliphatic heterocycles. The lowest BCUT2D eigenvalue weighted by atomic mass is 10.2. The number of nitrogens with zero attached hydrogens (tertiary/aromatic N) is 2. The largest absolute Gasteiger partial charge is 0.436 e. The number of rotatable bonds is 1. The number of aromatic nitrogens is 2. The average Bonchev–Trinajstić information content (AvgIpc) is 2.28. The normalized spacial score (nSPS) is 11.8. The van der Waals surface area contributed by atoms with Crippen molar-refractivity contribution in [2.24, 2.45) is 7.05 Å². The van der Waals surface area contributed by atoms with Gasteiger partial charge < -0.3 is 0 Å². The maximum Gasteiger partial charge on any atom is 0.436 e. The number of aldehydes is 1. The second-order valence-corrected chi connectivity index (χ2v) is 2.29. The summed E-state index contributed by atoms with van der Waals surface area (Å²) in [4.78, 5) is 10.1. The quantitative estimate of drug-likeness (QED) is 0.502. The number of aryl methyl sites for hydroxylation is 1. The van der Waals surface area contributed by atoms with Gasteiger partial charge in [0, 0.05) is 7.05 Å². The predicted molar refractivity (Wildman–Crippen MR) is 33.6 cm³/mol. The van der Waals surface area contributed by atoms with Crippen LogP contribution in [-0.2, 0) is 13.2 Å². The second-order valence-electron chi connectivity index (χ2n) is 2.29. The van der Waals surface area contributed by atoms with Gasteiger partial charge in [0.15, 0.2) is 12.0 Å². The molecule has 3 nitrogen and oxygen atoms in total. The lowest BCUT2D eigenvalue weighted by Crippen LogP contribution is -2.09. The number of hydrogen-bond acceptors (Lipinski definition) is 2. The molecule has 1 heterocycles. The Bertz CT molecular complexity index is 341. The van der Waals surface area contributed by atoms with E-state index in [1.54, 1.807) is 0 Å². The zero-order chi connectivity index (χ0) is 10.2. The molecule has 0 amide bonds. The Kier molecular flexibility index (Phi) is 2.10. The van der Waals surface area contributed by atoms with Crippen LogP contribution >= 0.6 is 0 Å². The third-order valence-corrected chi connectivity index (χ3v) is 1.40. The average molecular weight is 196 g/mol. The molecule has 13 heavy (non-hydrogen) atoms. The van der Waals surface area contributed by atoms with E-state index in [1.807, 2.05) is 0 Å². The van der Waals surface area contributed by atoms with Crippen molar-refractivity contribution in [2.75, 3.05) is 0 Å². The first-order valence-corrected chi connectivity index (χ1v) is 3.12. The zero-order valence-corrected chi connectivity index (χ0v) is 6.39. The predicted octanol–water partition coefficient (Wildman–Crippen LogP) is 1.39. The molecule has 0 radical (unpaired) electrons. The van der Waals surface area contributed by atoms with Gasteiger partial charge in [0.2, 0.25) is 5.95 Å². The molecule has 0 atom stereocenters. The Hall–Kier alpha value is -1.40. The summed E-state index contributed by atoms with van der Waals surface area (Å²) in [5.41, 5.74) is -2.56. The fourth-order valence-corrected chi connectivity index (χ4v) is 0.834. The minimum absolute atomic E-state index is 0.203. The van der Waals surface area contributed by atoms with Gasteiger partial charge in [-0.15, -0.1) is 0 Å². The highest BCUT2D eigenvalue weighted by Gasteiger charge is 2.39. The summed E-state index contributed by atoms with van der Waals surface area (Å²) in [6, 6.07) is 0. The number of carbonyl (C=O) groups is 1. The monoisotopic (exact) mass is 196 g/mol. The van der Waals surface area contributed by atoms with Crippen LogP contribution in [0.5, 0.6) is 0 Å². The van der Waals surface area contributed by atoms with Crippen LogP contribution in [0.4, 0.5) is 17.6 Å². The number of alkyl halides is 3. The van der Waals surface area contributed by atoms with Gasteiger partial charge in [-0.25, -0.2) is 4.68 Å². The van der Waals surface area contributed by atoms with Crippen molar-refractivity contribution in [2.45, 2.75) is 6.18 Å². The summed E-state index contributed by atoms with van der Waals surface area (Å²) >= 11 is 0. The molecular weight excluding hydrogens is 192 g/mol. The first-order chi connectivity index (χ1) is 5.88. The Morgan fingerprint density at radius 3 is 2.31 bits per heavy atom. The van der Waals surface area contributed by atoms with E-state index in [0.717, 1.165) is 7.05 Å². The van der Waals surface area contributed by atoms with Crippen LogP contribution in [0.3, 0.4) is 0 Å². The van der Waals surface area contributed by atoms with Gasteiger partial charge in [0.05, 0.1) is 0 Å². The van der Waals surface area contributed by atoms with Gasteiger partial charge >= 0.3 is 6.18 Å². The van der Waals surface area contributed by atoms with Gasteiger partial charge in [-0.05, 0) is 0 Å². The minimum atomic E-state index is -4.81. The molecule has 0 unspecified atom stereocenters. The standard InChI is InChI=1S/C6H4F4N2O/c1-12-5(7)3(2-13)4(11-12)6(8,9)10/h2H,1H3. The SMILES string of the molecule is Cn1nc(C(F)(F)F)c(C=O)c1F. The minimum Gasteiger partial charge on any atom is -0.298 e. The first-order valence-electron chi connectivity index (χ1n) is 3.12. The van der Waals surface area contributed by atoms with Crippen LogP contribution in [0.15, 0.2) is 0 Å². The molecule has 72 valence electrons. The lowest BCUT2D eigenvalue weighted by molar-refractivity contribution is -0.141. The summed E-state index contributed by atoms with van der Waals surface area (Å²) < 4.78 is 49.2. The number of carbonyl (C=O) groups excluding carboxylic acids is 1. The Balaban J connectivity index is 3.38. The molecule has 0 N–H and O–H groups in total. The van der Waals surface area contributed by atoms with Crippen molar-refractivity contribution in [3.63, 3.8) is 0 Å². The van der Waals surface area contributed by atoms with Crippen LogP contribution in [0.2, 0.25) is 0 Å². The van der Waals surface area contributed by atoms with E-state index < -0.39 is 23.4 Å². The first kappa shape index (κ1) is 9.69. The van der Waals surface area contributed by atoms with Gasteiger partial charge in [-0.2, -0.15) is 22.7 Å². The summed E-state index contributed by atoms with van der Waals surface area (Å²) in [6.45, 7) is 0. The van der Waals surface area contributed by atoms with Gasteiger partial charge in [-0.3, -0.25) is 4.79 Å². The van der Waals surface area contributed by atoms with Gasteiger partial charge in [0.25, 0.3) is 0 Å². The third-order valence-electron chi connectivity index (χ3n) is 1.40. The van der Waals surface area contributed by atoms with Gasteiger partial charge in [-0.1, -0.05) is 0 Å². The van der Waals surface area contributed by atoms with E-state index in [4.69, 9.17) is 0 Å². The fraction of sp³-hybridized carbons (Fsp3) is 0.333. The fourth-order valence-electron chi connectivity index (χ4n) is 0.834. The Morgan fingerprint density at radius 2 is 2.00 bits per heavy atom. The molecule has 1 aromatic rings. The van der Waals surface area contributed by atoms with E-state index in [2.05, 4.69) is 5.10 Å². The molecule has 1 aromatic heterocycles. The topological polar surface area (TPSA) is 34.9 Å². The highest BCUT2D eigenvalue weighted by atomic mass is 19.4. The van der Waals surface area contributed by atoms with E-state index in [9.17, 15) is 22.4 Å². The highest BCUT2D eigenvalue weighted by Crippen LogP contribution is 2.30. The van der Waals surface area contributed by atoms with Crippen molar-refractivity contribution in [1.29, 1.82) is 0 Å². The smallest absolute Gasteiger partial charge is 0.298 e. The van der Waals surface area contributed by atoms with Crippen LogP contribution in [0, 0.1) is 5.95 Å². The van der Waals surface area contributed by atoms with Crippen molar-refractivity contribution < 1.29 is 22.4 Å². The Morgan fingerprint density at radius 1 is 1.46 bits per heavy atom. The van der Waals surface area contributed by atoms with E-state index in [-0.39, 0.29) is 6.29 Å². The van der Waals surface area contributed by atoms with Crippen molar-refractivity contribution in [3.05, 3.63) is 17.2 Å². The lowest BCUT2D eigenvalue weighted by Gasteiger charge is -2.00. The van der Waals surface area contributed by atoms with Gasteiger partial charge in [0.1, 0.15) is 5.56 Å². The molecule has 0 aliphatic rings. The number of hydrogen-bond donors (Lipinski definition) is 0.